The zero-order chi connectivity index (χ0) is 15.6. The van der Waals surface area contributed by atoms with Crippen LogP contribution in [0, 0.1) is 15.5 Å². The largest absolute Gasteiger partial charge is 0.300 e. The number of non-ortho nitro benzene ring substituents is 1. The summed E-state index contributed by atoms with van der Waals surface area (Å²) in [4.78, 5) is 22.2. The molecule has 21 heavy (non-hydrogen) atoms. The van der Waals surface area contributed by atoms with Crippen molar-refractivity contribution < 1.29 is 9.72 Å². The number of aromatic nitrogens is 2. The van der Waals surface area contributed by atoms with Gasteiger partial charge in [0.2, 0.25) is 11.0 Å². The van der Waals surface area contributed by atoms with E-state index in [1.165, 1.54) is 23.5 Å². The Morgan fingerprint density at radius 1 is 1.33 bits per heavy atom. The SMILES string of the molecule is CC(C)(C)C(=O)Nc1nnc(-c2cccc([N+](=O)[O-])c2)s1. The molecule has 2 aromatic rings. The third kappa shape index (κ3) is 3.60. The average Bonchev–Trinajstić information content (AvgIpc) is 2.86. The summed E-state index contributed by atoms with van der Waals surface area (Å²) in [7, 11) is 0. The molecule has 0 atom stereocenters. The zero-order valence-corrected chi connectivity index (χ0v) is 12.6. The van der Waals surface area contributed by atoms with Crippen molar-refractivity contribution >= 4 is 28.1 Å². The van der Waals surface area contributed by atoms with Crippen molar-refractivity contribution in [1.29, 1.82) is 0 Å². The fourth-order valence-corrected chi connectivity index (χ4v) is 2.16. The number of carbonyl (C=O) groups is 1. The minimum Gasteiger partial charge on any atom is -0.300 e. The van der Waals surface area contributed by atoms with E-state index in [9.17, 15) is 14.9 Å². The first-order valence-electron chi connectivity index (χ1n) is 6.17. The number of hydrogen-bond donors (Lipinski definition) is 1. The van der Waals surface area contributed by atoms with Crippen LogP contribution in [0.4, 0.5) is 10.8 Å². The molecule has 1 N–H and O–H groups in total. The van der Waals surface area contributed by atoms with Crippen molar-refractivity contribution in [2.75, 3.05) is 5.32 Å². The number of benzene rings is 1. The quantitative estimate of drug-likeness (QED) is 0.694. The summed E-state index contributed by atoms with van der Waals surface area (Å²) in [6.07, 6.45) is 0. The van der Waals surface area contributed by atoms with E-state index >= 15 is 0 Å². The lowest BCUT2D eigenvalue weighted by Gasteiger charge is -2.15. The first-order chi connectivity index (χ1) is 9.77. The smallest absolute Gasteiger partial charge is 0.270 e. The molecule has 0 fully saturated rings. The van der Waals surface area contributed by atoms with Crippen molar-refractivity contribution in [3.63, 3.8) is 0 Å². The Bertz CT molecular complexity index is 691. The van der Waals surface area contributed by atoms with E-state index in [2.05, 4.69) is 15.5 Å². The van der Waals surface area contributed by atoms with Gasteiger partial charge in [-0.3, -0.25) is 14.9 Å². The monoisotopic (exact) mass is 306 g/mol. The van der Waals surface area contributed by atoms with Crippen LogP contribution in [-0.2, 0) is 4.79 Å². The third-order valence-electron chi connectivity index (χ3n) is 2.63. The highest BCUT2D eigenvalue weighted by molar-refractivity contribution is 7.18. The van der Waals surface area contributed by atoms with Crippen molar-refractivity contribution in [2.24, 2.45) is 5.41 Å². The van der Waals surface area contributed by atoms with Crippen LogP contribution in [0.1, 0.15) is 20.8 Å². The molecular weight excluding hydrogens is 292 g/mol. The van der Waals surface area contributed by atoms with Crippen molar-refractivity contribution in [1.82, 2.24) is 10.2 Å². The van der Waals surface area contributed by atoms with Gasteiger partial charge in [-0.2, -0.15) is 0 Å². The summed E-state index contributed by atoms with van der Waals surface area (Å²) in [6, 6.07) is 6.13. The van der Waals surface area contributed by atoms with E-state index in [0.717, 1.165) is 0 Å². The number of amides is 1. The molecule has 0 aliphatic heterocycles. The van der Waals surface area contributed by atoms with Gasteiger partial charge in [0.1, 0.15) is 5.01 Å². The highest BCUT2D eigenvalue weighted by Gasteiger charge is 2.22. The number of nitro groups is 1. The number of rotatable bonds is 3. The fourth-order valence-electron chi connectivity index (χ4n) is 1.43. The summed E-state index contributed by atoms with van der Waals surface area (Å²) in [5, 5.41) is 22.2. The van der Waals surface area contributed by atoms with E-state index in [0.29, 0.717) is 15.7 Å². The lowest BCUT2D eigenvalue weighted by atomic mass is 9.96. The summed E-state index contributed by atoms with van der Waals surface area (Å²) in [5.74, 6) is -0.163. The predicted molar refractivity (Wildman–Crippen MR) is 80.1 cm³/mol. The van der Waals surface area contributed by atoms with Crippen molar-refractivity contribution in [2.45, 2.75) is 20.8 Å². The summed E-state index contributed by atoms with van der Waals surface area (Å²) >= 11 is 1.17. The zero-order valence-electron chi connectivity index (χ0n) is 11.8. The molecule has 7 nitrogen and oxygen atoms in total. The van der Waals surface area contributed by atoms with E-state index < -0.39 is 10.3 Å². The van der Waals surface area contributed by atoms with Gasteiger partial charge in [-0.1, -0.05) is 44.2 Å². The molecule has 0 saturated carbocycles. The Morgan fingerprint density at radius 3 is 2.67 bits per heavy atom. The highest BCUT2D eigenvalue weighted by atomic mass is 32.1. The number of anilines is 1. The number of nitrogens with zero attached hydrogens (tertiary/aromatic N) is 3. The second-order valence-electron chi connectivity index (χ2n) is 5.42. The molecule has 0 saturated heterocycles. The third-order valence-corrected chi connectivity index (χ3v) is 3.52. The Labute approximate surface area is 125 Å². The maximum absolute atomic E-state index is 11.9. The van der Waals surface area contributed by atoms with Gasteiger partial charge < -0.3 is 5.32 Å². The molecule has 1 heterocycles. The molecule has 1 aromatic heterocycles. The van der Waals surface area contributed by atoms with Crippen molar-refractivity contribution in [3.8, 4) is 10.6 Å². The van der Waals surface area contributed by atoms with E-state index in [1.807, 2.05) is 0 Å². The van der Waals surface area contributed by atoms with Crippen LogP contribution >= 0.6 is 11.3 Å². The van der Waals surface area contributed by atoms with E-state index in [1.54, 1.807) is 32.9 Å². The van der Waals surface area contributed by atoms with Gasteiger partial charge in [-0.15, -0.1) is 10.2 Å². The number of nitrogens with one attached hydrogen (secondary N) is 1. The molecule has 0 radical (unpaired) electrons. The number of nitro benzene ring substituents is 1. The van der Waals surface area contributed by atoms with E-state index in [4.69, 9.17) is 0 Å². The molecule has 1 aromatic carbocycles. The topological polar surface area (TPSA) is 98.0 Å². The molecule has 2 rings (SSSR count). The standard InChI is InChI=1S/C13H14N4O3S/c1-13(2,3)11(18)14-12-16-15-10(21-12)8-5-4-6-9(7-8)17(19)20/h4-7H,1-3H3,(H,14,16,18). The lowest BCUT2D eigenvalue weighted by molar-refractivity contribution is -0.384. The van der Waals surface area contributed by atoms with Gasteiger partial charge in [0.25, 0.3) is 5.69 Å². The first kappa shape index (κ1) is 15.0. The molecule has 0 aliphatic rings. The molecule has 0 unspecified atom stereocenters. The van der Waals surface area contributed by atoms with Gasteiger partial charge in [-0.25, -0.2) is 0 Å². The molecular formula is C13H14N4O3S. The summed E-state index contributed by atoms with van der Waals surface area (Å²) in [5.41, 5.74) is 0.0538. The van der Waals surface area contributed by atoms with Gasteiger partial charge in [0.05, 0.1) is 4.92 Å². The molecule has 8 heteroatoms. The van der Waals surface area contributed by atoms with Gasteiger partial charge in [0, 0.05) is 23.1 Å². The molecule has 110 valence electrons. The van der Waals surface area contributed by atoms with Gasteiger partial charge >= 0.3 is 0 Å². The molecule has 0 aliphatic carbocycles. The van der Waals surface area contributed by atoms with E-state index in [-0.39, 0.29) is 11.6 Å². The maximum Gasteiger partial charge on any atom is 0.270 e. The highest BCUT2D eigenvalue weighted by Crippen LogP contribution is 2.29. The van der Waals surface area contributed by atoms with Gasteiger partial charge in [-0.05, 0) is 0 Å². The molecule has 0 bridgehead atoms. The predicted octanol–water partition coefficient (Wildman–Crippen LogP) is 3.10. The lowest BCUT2D eigenvalue weighted by Crippen LogP contribution is -2.27. The minimum atomic E-state index is -0.530. The molecule has 0 spiro atoms. The first-order valence-corrected chi connectivity index (χ1v) is 6.99. The number of hydrogen-bond acceptors (Lipinski definition) is 6. The Balaban J connectivity index is 2.22. The minimum absolute atomic E-state index is 0.0111. The van der Waals surface area contributed by atoms with Crippen LogP contribution in [0.5, 0.6) is 0 Å². The van der Waals surface area contributed by atoms with Crippen LogP contribution in [0.3, 0.4) is 0 Å². The maximum atomic E-state index is 11.9. The summed E-state index contributed by atoms with van der Waals surface area (Å²) < 4.78 is 0. The van der Waals surface area contributed by atoms with Gasteiger partial charge in [0.15, 0.2) is 0 Å². The average molecular weight is 306 g/mol. The van der Waals surface area contributed by atoms with Crippen molar-refractivity contribution in [3.05, 3.63) is 34.4 Å². The van der Waals surface area contributed by atoms with Crippen LogP contribution < -0.4 is 5.32 Å². The fraction of sp³-hybridized carbons (Fsp3) is 0.308. The Hall–Kier alpha value is -2.35. The Kier molecular flexibility index (Phi) is 3.99. The van der Waals surface area contributed by atoms with Crippen LogP contribution in [0.15, 0.2) is 24.3 Å². The number of carbonyl (C=O) groups excluding carboxylic acids is 1. The summed E-state index contributed by atoms with van der Waals surface area (Å²) in [6.45, 7) is 5.39. The van der Waals surface area contributed by atoms with Crippen LogP contribution in [-0.4, -0.2) is 21.0 Å². The second-order valence-corrected chi connectivity index (χ2v) is 6.40. The normalized spacial score (nSPS) is 11.2. The molecule has 1 amide bonds. The second kappa shape index (κ2) is 5.57. The van der Waals surface area contributed by atoms with Crippen LogP contribution in [0.2, 0.25) is 0 Å². The Morgan fingerprint density at radius 2 is 2.05 bits per heavy atom. The van der Waals surface area contributed by atoms with Crippen LogP contribution in [0.25, 0.3) is 10.6 Å².